The zero-order valence-electron chi connectivity index (χ0n) is 9.94. The third-order valence-electron chi connectivity index (χ3n) is 3.03. The molecule has 84 valence electrons. The summed E-state index contributed by atoms with van der Waals surface area (Å²) in [5.41, 5.74) is 0.106. The molecule has 0 bridgehead atoms. The van der Waals surface area contributed by atoms with E-state index >= 15 is 0 Å². The predicted octanol–water partition coefficient (Wildman–Crippen LogP) is 2.58. The van der Waals surface area contributed by atoms with Gasteiger partial charge in [-0.2, -0.15) is 0 Å². The van der Waals surface area contributed by atoms with Crippen LogP contribution in [0.2, 0.25) is 0 Å². The molecule has 2 nitrogen and oxygen atoms in total. The first kappa shape index (κ1) is 12.0. The van der Waals surface area contributed by atoms with Gasteiger partial charge in [0.2, 0.25) is 0 Å². The van der Waals surface area contributed by atoms with E-state index in [1.54, 1.807) is 0 Å². The Bertz CT molecular complexity index is 148. The average Bonchev–Trinajstić information content (AvgIpc) is 2.09. The van der Waals surface area contributed by atoms with Crippen molar-refractivity contribution in [1.29, 1.82) is 0 Å². The molecule has 0 aromatic heterocycles. The van der Waals surface area contributed by atoms with Gasteiger partial charge in [0.1, 0.15) is 0 Å². The Labute approximate surface area is 88.4 Å². The molecule has 0 radical (unpaired) electrons. The van der Waals surface area contributed by atoms with E-state index in [1.807, 2.05) is 0 Å². The van der Waals surface area contributed by atoms with Crippen LogP contribution < -0.4 is 5.32 Å². The van der Waals surface area contributed by atoms with E-state index < -0.39 is 0 Å². The first-order valence-corrected chi connectivity index (χ1v) is 6.03. The first-order valence-electron chi connectivity index (χ1n) is 6.03. The zero-order chi connectivity index (χ0) is 10.4. The van der Waals surface area contributed by atoms with Crippen molar-refractivity contribution in [1.82, 2.24) is 5.32 Å². The van der Waals surface area contributed by atoms with Gasteiger partial charge in [-0.1, -0.05) is 20.8 Å². The van der Waals surface area contributed by atoms with Crippen LogP contribution in [0.4, 0.5) is 0 Å². The van der Waals surface area contributed by atoms with Gasteiger partial charge in [-0.15, -0.1) is 0 Å². The van der Waals surface area contributed by atoms with Crippen molar-refractivity contribution in [3.05, 3.63) is 0 Å². The number of nitrogens with one attached hydrogen (secondary N) is 1. The molecular weight excluding hydrogens is 174 g/mol. The highest BCUT2D eigenvalue weighted by Crippen LogP contribution is 2.25. The first-order chi connectivity index (χ1) is 6.68. The van der Waals surface area contributed by atoms with E-state index in [0.717, 1.165) is 32.0 Å². The van der Waals surface area contributed by atoms with Crippen molar-refractivity contribution in [3.8, 4) is 0 Å². The topological polar surface area (TPSA) is 21.3 Å². The van der Waals surface area contributed by atoms with Gasteiger partial charge < -0.3 is 10.1 Å². The molecular formula is C12H25NO. The van der Waals surface area contributed by atoms with E-state index in [4.69, 9.17) is 4.74 Å². The molecule has 1 unspecified atom stereocenters. The molecule has 0 saturated carbocycles. The van der Waals surface area contributed by atoms with Gasteiger partial charge in [0.25, 0.3) is 0 Å². The third-order valence-corrected chi connectivity index (χ3v) is 3.03. The van der Waals surface area contributed by atoms with Gasteiger partial charge in [-0.3, -0.25) is 0 Å². The summed E-state index contributed by atoms with van der Waals surface area (Å²) in [4.78, 5) is 0. The van der Waals surface area contributed by atoms with Crippen LogP contribution in [0.15, 0.2) is 0 Å². The van der Waals surface area contributed by atoms with E-state index in [0.29, 0.717) is 0 Å². The molecule has 1 rings (SSSR count). The summed E-state index contributed by atoms with van der Waals surface area (Å²) in [5, 5.41) is 3.51. The lowest BCUT2D eigenvalue weighted by molar-refractivity contribution is -0.0667. The lowest BCUT2D eigenvalue weighted by Gasteiger charge is -2.36. The summed E-state index contributed by atoms with van der Waals surface area (Å²) in [5.74, 6) is 0.719. The molecule has 1 aliphatic heterocycles. The molecule has 1 saturated heterocycles. The summed E-state index contributed by atoms with van der Waals surface area (Å²) in [6.45, 7) is 9.93. The van der Waals surface area contributed by atoms with Crippen LogP contribution in [0.3, 0.4) is 0 Å². The summed E-state index contributed by atoms with van der Waals surface area (Å²) in [7, 11) is 0. The summed E-state index contributed by atoms with van der Waals surface area (Å²) in [6, 6.07) is 0. The molecule has 2 heteroatoms. The maximum Gasteiger partial charge on any atom is 0.0806 e. The minimum Gasteiger partial charge on any atom is -0.374 e. The molecule has 0 spiro atoms. The van der Waals surface area contributed by atoms with Crippen molar-refractivity contribution in [2.45, 2.75) is 52.1 Å². The highest BCUT2D eigenvalue weighted by atomic mass is 16.5. The fourth-order valence-electron chi connectivity index (χ4n) is 2.25. The Kier molecular flexibility index (Phi) is 4.90. The third kappa shape index (κ3) is 3.58. The molecule has 0 amide bonds. The van der Waals surface area contributed by atoms with Crippen molar-refractivity contribution in [2.24, 2.45) is 5.92 Å². The Balaban J connectivity index is 2.53. The van der Waals surface area contributed by atoms with E-state index in [-0.39, 0.29) is 5.60 Å². The minimum absolute atomic E-state index is 0.106. The largest absolute Gasteiger partial charge is 0.374 e. The van der Waals surface area contributed by atoms with Gasteiger partial charge in [-0.25, -0.2) is 0 Å². The predicted molar refractivity (Wildman–Crippen MR) is 60.5 cm³/mol. The van der Waals surface area contributed by atoms with Crippen LogP contribution in [0, 0.1) is 5.92 Å². The fourth-order valence-corrected chi connectivity index (χ4v) is 2.25. The number of hydrogen-bond donors (Lipinski definition) is 1. The molecule has 14 heavy (non-hydrogen) atoms. The average molecular weight is 199 g/mol. The van der Waals surface area contributed by atoms with Crippen LogP contribution >= 0.6 is 0 Å². The number of hydrogen-bond acceptors (Lipinski definition) is 2. The van der Waals surface area contributed by atoms with Crippen LogP contribution in [0.1, 0.15) is 46.5 Å². The molecule has 1 atom stereocenters. The molecule has 1 N–H and O–H groups in total. The molecule has 1 heterocycles. The molecule has 0 aliphatic carbocycles. The lowest BCUT2D eigenvalue weighted by Crippen LogP contribution is -2.45. The van der Waals surface area contributed by atoms with E-state index in [9.17, 15) is 0 Å². The summed E-state index contributed by atoms with van der Waals surface area (Å²) >= 11 is 0. The highest BCUT2D eigenvalue weighted by molar-refractivity contribution is 4.84. The van der Waals surface area contributed by atoms with Crippen molar-refractivity contribution in [2.75, 3.05) is 19.7 Å². The SMILES string of the molecule is CCC1(CC(C)C)CNCCCCO1. The maximum atomic E-state index is 6.07. The Hall–Kier alpha value is -0.0800. The van der Waals surface area contributed by atoms with Gasteiger partial charge in [0.15, 0.2) is 0 Å². The molecule has 0 aromatic carbocycles. The summed E-state index contributed by atoms with van der Waals surface area (Å²) in [6.07, 6.45) is 4.75. The van der Waals surface area contributed by atoms with Gasteiger partial charge in [0, 0.05) is 13.2 Å². The lowest BCUT2D eigenvalue weighted by atomic mass is 9.89. The van der Waals surface area contributed by atoms with Crippen LogP contribution in [0.25, 0.3) is 0 Å². The smallest absolute Gasteiger partial charge is 0.0806 e. The van der Waals surface area contributed by atoms with E-state index in [2.05, 4.69) is 26.1 Å². The Morgan fingerprint density at radius 3 is 2.79 bits per heavy atom. The van der Waals surface area contributed by atoms with Gasteiger partial charge >= 0.3 is 0 Å². The molecule has 1 fully saturated rings. The van der Waals surface area contributed by atoms with Crippen LogP contribution in [-0.4, -0.2) is 25.3 Å². The van der Waals surface area contributed by atoms with Gasteiger partial charge in [0.05, 0.1) is 5.60 Å². The molecule has 0 aromatic rings. The van der Waals surface area contributed by atoms with Crippen molar-refractivity contribution >= 4 is 0 Å². The quantitative estimate of drug-likeness (QED) is 0.754. The Morgan fingerprint density at radius 2 is 2.14 bits per heavy atom. The Morgan fingerprint density at radius 1 is 1.36 bits per heavy atom. The zero-order valence-corrected chi connectivity index (χ0v) is 9.94. The maximum absolute atomic E-state index is 6.07. The number of ether oxygens (including phenoxy) is 1. The fraction of sp³-hybridized carbons (Fsp3) is 1.00. The second-order valence-corrected chi connectivity index (χ2v) is 4.87. The second-order valence-electron chi connectivity index (χ2n) is 4.87. The standard InChI is InChI=1S/C12H25NO/c1-4-12(9-11(2)3)10-13-7-5-6-8-14-12/h11,13H,4-10H2,1-3H3. The van der Waals surface area contributed by atoms with Crippen LogP contribution in [0.5, 0.6) is 0 Å². The van der Waals surface area contributed by atoms with Crippen molar-refractivity contribution < 1.29 is 4.74 Å². The highest BCUT2D eigenvalue weighted by Gasteiger charge is 2.30. The normalized spacial score (nSPS) is 30.0. The summed E-state index contributed by atoms with van der Waals surface area (Å²) < 4.78 is 6.07. The van der Waals surface area contributed by atoms with E-state index in [1.165, 1.54) is 19.3 Å². The number of rotatable bonds is 3. The monoisotopic (exact) mass is 199 g/mol. The second kappa shape index (κ2) is 5.72. The van der Waals surface area contributed by atoms with Gasteiger partial charge in [-0.05, 0) is 38.1 Å². The van der Waals surface area contributed by atoms with Crippen molar-refractivity contribution in [3.63, 3.8) is 0 Å². The van der Waals surface area contributed by atoms with Crippen LogP contribution in [-0.2, 0) is 4.74 Å². The minimum atomic E-state index is 0.106. The molecule has 1 aliphatic rings.